The Morgan fingerprint density at radius 2 is 1.71 bits per heavy atom. The molecule has 0 aliphatic carbocycles. The molecule has 6 nitrogen and oxygen atoms in total. The van der Waals surface area contributed by atoms with Gasteiger partial charge < -0.3 is 15.7 Å². The van der Waals surface area contributed by atoms with Crippen LogP contribution in [0.4, 0.5) is 0 Å². The zero-order chi connectivity index (χ0) is 26.6. The lowest BCUT2D eigenvalue weighted by molar-refractivity contribution is -0.139. The molecule has 2 heterocycles. The van der Waals surface area contributed by atoms with Crippen molar-refractivity contribution in [1.29, 1.82) is 0 Å². The topological polar surface area (TPSA) is 91.3 Å². The molecule has 1 aliphatic heterocycles. The fourth-order valence-electron chi connectivity index (χ4n) is 4.95. The van der Waals surface area contributed by atoms with Gasteiger partial charge in [0.1, 0.15) is 6.04 Å². The predicted molar refractivity (Wildman–Crippen MR) is 151 cm³/mol. The summed E-state index contributed by atoms with van der Waals surface area (Å²) in [6.07, 6.45) is 2.18. The third kappa shape index (κ3) is 5.83. The molecule has 1 saturated heterocycles. The molecular formula is C30H27Cl2N3O3. The number of hydrogen-bond acceptors (Lipinski definition) is 4. The number of nitrogens with one attached hydrogen (secondary N) is 2. The van der Waals surface area contributed by atoms with Gasteiger partial charge in [-0.25, -0.2) is 9.78 Å². The summed E-state index contributed by atoms with van der Waals surface area (Å²) in [6.45, 7) is 1.91. The summed E-state index contributed by atoms with van der Waals surface area (Å²) in [5.74, 6) is -1.08. The van der Waals surface area contributed by atoms with E-state index >= 15 is 0 Å². The minimum absolute atomic E-state index is 0.142. The van der Waals surface area contributed by atoms with Crippen LogP contribution in [0.5, 0.6) is 0 Å². The number of carbonyl (C=O) groups excluding carboxylic acids is 1. The molecule has 3 N–H and O–H groups in total. The summed E-state index contributed by atoms with van der Waals surface area (Å²) in [5.41, 5.74) is 4.42. The average Bonchev–Trinajstić information content (AvgIpc) is 2.93. The first-order valence-corrected chi connectivity index (χ1v) is 13.3. The molecule has 1 atom stereocenters. The van der Waals surface area contributed by atoms with E-state index < -0.39 is 17.9 Å². The van der Waals surface area contributed by atoms with Gasteiger partial charge in [0, 0.05) is 22.9 Å². The van der Waals surface area contributed by atoms with Gasteiger partial charge in [-0.1, -0.05) is 53.5 Å². The van der Waals surface area contributed by atoms with E-state index in [1.165, 1.54) is 0 Å². The van der Waals surface area contributed by atoms with Crippen LogP contribution < -0.4 is 10.6 Å². The van der Waals surface area contributed by atoms with Crippen molar-refractivity contribution < 1.29 is 14.7 Å². The number of hydrogen-bond donors (Lipinski definition) is 3. The quantitative estimate of drug-likeness (QED) is 0.260. The van der Waals surface area contributed by atoms with E-state index in [1.807, 2.05) is 48.5 Å². The molecule has 0 unspecified atom stereocenters. The van der Waals surface area contributed by atoms with Crippen molar-refractivity contribution >= 4 is 46.0 Å². The number of nitrogens with zero attached hydrogens (tertiary/aromatic N) is 1. The highest BCUT2D eigenvalue weighted by Crippen LogP contribution is 2.34. The second-order valence-electron chi connectivity index (χ2n) is 9.54. The van der Waals surface area contributed by atoms with Crippen LogP contribution in [0, 0.1) is 0 Å². The number of pyridine rings is 1. The van der Waals surface area contributed by atoms with E-state index in [4.69, 9.17) is 28.2 Å². The van der Waals surface area contributed by atoms with Crippen LogP contribution in [0.15, 0.2) is 72.8 Å². The minimum atomic E-state index is -1.09. The number of aromatic nitrogens is 1. The second-order valence-corrected chi connectivity index (χ2v) is 10.4. The molecule has 38 heavy (non-hydrogen) atoms. The molecule has 1 aromatic heterocycles. The number of carbonyl (C=O) groups is 2. The predicted octanol–water partition coefficient (Wildman–Crippen LogP) is 6.10. The maximum Gasteiger partial charge on any atom is 0.326 e. The Labute approximate surface area is 231 Å². The summed E-state index contributed by atoms with van der Waals surface area (Å²) in [7, 11) is 0. The first-order chi connectivity index (χ1) is 18.4. The van der Waals surface area contributed by atoms with Crippen LogP contribution in [-0.2, 0) is 11.2 Å². The number of aliphatic carboxylic acids is 1. The number of benzene rings is 3. The van der Waals surface area contributed by atoms with E-state index in [9.17, 15) is 14.7 Å². The SMILES string of the molecule is O=C(N[C@@H](Cc1ccc2nc(-c3c(Cl)cccc3Cl)ccc2c1)C(=O)O)c1cccc(C2CCNCC2)c1. The fraction of sp³-hybridized carbons (Fsp3) is 0.233. The minimum Gasteiger partial charge on any atom is -0.480 e. The van der Waals surface area contributed by atoms with Gasteiger partial charge in [0.2, 0.25) is 0 Å². The number of carboxylic acid groups (broad SMARTS) is 1. The van der Waals surface area contributed by atoms with E-state index in [1.54, 1.807) is 24.3 Å². The van der Waals surface area contributed by atoms with Crippen molar-refractivity contribution in [1.82, 2.24) is 15.6 Å². The third-order valence-electron chi connectivity index (χ3n) is 6.98. The Kier molecular flexibility index (Phi) is 7.93. The molecule has 0 bridgehead atoms. The highest BCUT2D eigenvalue weighted by atomic mass is 35.5. The Bertz CT molecular complexity index is 1480. The monoisotopic (exact) mass is 547 g/mol. The Balaban J connectivity index is 1.32. The van der Waals surface area contributed by atoms with Crippen LogP contribution in [0.3, 0.4) is 0 Å². The van der Waals surface area contributed by atoms with Gasteiger partial charge >= 0.3 is 5.97 Å². The first-order valence-electron chi connectivity index (χ1n) is 12.6. The number of carboxylic acids is 1. The summed E-state index contributed by atoms with van der Waals surface area (Å²) in [5, 5.41) is 17.8. The largest absolute Gasteiger partial charge is 0.480 e. The molecular weight excluding hydrogens is 521 g/mol. The van der Waals surface area contributed by atoms with Crippen molar-refractivity contribution in [2.24, 2.45) is 0 Å². The summed E-state index contributed by atoms with van der Waals surface area (Å²) >= 11 is 12.7. The first kappa shape index (κ1) is 26.2. The summed E-state index contributed by atoms with van der Waals surface area (Å²) in [6, 6.07) is 21.0. The van der Waals surface area contributed by atoms with Crippen molar-refractivity contribution in [3.8, 4) is 11.3 Å². The number of amides is 1. The number of halogens is 2. The van der Waals surface area contributed by atoms with Gasteiger partial charge in [-0.3, -0.25) is 4.79 Å². The van der Waals surface area contributed by atoms with E-state index in [-0.39, 0.29) is 6.42 Å². The van der Waals surface area contributed by atoms with Crippen LogP contribution in [0.1, 0.15) is 40.2 Å². The van der Waals surface area contributed by atoms with Crippen molar-refractivity contribution in [3.05, 3.63) is 99.5 Å². The van der Waals surface area contributed by atoms with Crippen LogP contribution >= 0.6 is 23.2 Å². The highest BCUT2D eigenvalue weighted by molar-refractivity contribution is 6.39. The number of piperidine rings is 1. The highest BCUT2D eigenvalue weighted by Gasteiger charge is 2.23. The van der Waals surface area contributed by atoms with Crippen molar-refractivity contribution in [3.63, 3.8) is 0 Å². The van der Waals surface area contributed by atoms with Crippen LogP contribution in [0.25, 0.3) is 22.2 Å². The molecule has 3 aromatic carbocycles. The molecule has 1 amide bonds. The average molecular weight is 548 g/mol. The van der Waals surface area contributed by atoms with Gasteiger partial charge in [0.15, 0.2) is 0 Å². The third-order valence-corrected chi connectivity index (χ3v) is 7.61. The maximum atomic E-state index is 13.0. The number of fused-ring (bicyclic) bond motifs is 1. The van der Waals surface area contributed by atoms with E-state index in [0.717, 1.165) is 48.0 Å². The second kappa shape index (κ2) is 11.5. The maximum absolute atomic E-state index is 13.0. The smallest absolute Gasteiger partial charge is 0.326 e. The molecule has 5 rings (SSSR count). The molecule has 0 radical (unpaired) electrons. The molecule has 0 saturated carbocycles. The zero-order valence-electron chi connectivity index (χ0n) is 20.6. The Hall–Kier alpha value is -3.45. The zero-order valence-corrected chi connectivity index (χ0v) is 22.1. The molecule has 8 heteroatoms. The van der Waals surface area contributed by atoms with Gasteiger partial charge in [-0.05, 0) is 85.4 Å². The summed E-state index contributed by atoms with van der Waals surface area (Å²) < 4.78 is 0. The molecule has 1 fully saturated rings. The van der Waals surface area contributed by atoms with E-state index in [2.05, 4.69) is 10.6 Å². The van der Waals surface area contributed by atoms with Gasteiger partial charge in [-0.2, -0.15) is 0 Å². The lowest BCUT2D eigenvalue weighted by Gasteiger charge is -2.23. The summed E-state index contributed by atoms with van der Waals surface area (Å²) in [4.78, 5) is 29.8. The molecule has 4 aromatic rings. The lowest BCUT2D eigenvalue weighted by Crippen LogP contribution is -2.42. The number of rotatable bonds is 7. The lowest BCUT2D eigenvalue weighted by atomic mass is 9.89. The Morgan fingerprint density at radius 3 is 2.45 bits per heavy atom. The van der Waals surface area contributed by atoms with Gasteiger partial charge in [0.25, 0.3) is 5.91 Å². The van der Waals surface area contributed by atoms with Crippen molar-refractivity contribution in [2.75, 3.05) is 13.1 Å². The van der Waals surface area contributed by atoms with Gasteiger partial charge in [0.05, 0.1) is 21.3 Å². The molecule has 1 aliphatic rings. The molecule has 194 valence electrons. The standard InChI is InChI=1S/C30H27Cl2N3O3/c31-23-5-2-6-24(32)28(23)26-10-8-21-15-18(7-9-25(21)34-26)16-27(30(37)38)35-29(36)22-4-1-3-20(17-22)19-11-13-33-14-12-19/h1-10,15,17,19,27,33H,11-14,16H2,(H,35,36)(H,37,38)/t27-/m0/s1. The normalized spacial score (nSPS) is 14.8. The van der Waals surface area contributed by atoms with E-state index in [0.29, 0.717) is 32.8 Å². The fourth-order valence-corrected chi connectivity index (χ4v) is 5.54. The Morgan fingerprint density at radius 1 is 0.974 bits per heavy atom. The molecule has 0 spiro atoms. The van der Waals surface area contributed by atoms with Crippen molar-refractivity contribution in [2.45, 2.75) is 31.2 Å². The van der Waals surface area contributed by atoms with Gasteiger partial charge in [-0.15, -0.1) is 0 Å². The van der Waals surface area contributed by atoms with Crippen LogP contribution in [-0.4, -0.2) is 41.1 Å². The van der Waals surface area contributed by atoms with Crippen LogP contribution in [0.2, 0.25) is 10.0 Å².